The van der Waals surface area contributed by atoms with E-state index < -0.39 is 0 Å². The van der Waals surface area contributed by atoms with Gasteiger partial charge in [-0.3, -0.25) is 4.79 Å². The first kappa shape index (κ1) is 9.85. The highest BCUT2D eigenvalue weighted by Crippen LogP contribution is 2.29. The lowest BCUT2D eigenvalue weighted by molar-refractivity contribution is 0.112. The van der Waals surface area contributed by atoms with Crippen LogP contribution in [0.2, 0.25) is 0 Å². The van der Waals surface area contributed by atoms with Crippen molar-refractivity contribution < 1.29 is 9.21 Å². The number of benzene rings is 2. The van der Waals surface area contributed by atoms with Crippen LogP contribution in [0.3, 0.4) is 0 Å². The van der Waals surface area contributed by atoms with E-state index in [1.807, 2.05) is 48.5 Å². The summed E-state index contributed by atoms with van der Waals surface area (Å²) in [5.74, 6) is 0.787. The second-order valence-electron chi connectivity index (χ2n) is 3.86. The van der Waals surface area contributed by atoms with E-state index in [1.54, 1.807) is 6.07 Å². The first-order chi connectivity index (χ1) is 8.38. The van der Waals surface area contributed by atoms with Crippen molar-refractivity contribution in [3.05, 3.63) is 60.2 Å². The van der Waals surface area contributed by atoms with Gasteiger partial charge in [-0.15, -0.1) is 0 Å². The minimum Gasteiger partial charge on any atom is -0.455 e. The van der Waals surface area contributed by atoms with Gasteiger partial charge in [-0.2, -0.15) is 0 Å². The van der Waals surface area contributed by atoms with E-state index in [9.17, 15) is 4.79 Å². The molecule has 17 heavy (non-hydrogen) atoms. The van der Waals surface area contributed by atoms with Gasteiger partial charge in [-0.05, 0) is 12.1 Å². The van der Waals surface area contributed by atoms with Crippen LogP contribution in [-0.2, 0) is 0 Å². The number of hydrogen-bond donors (Lipinski definition) is 0. The second-order valence-corrected chi connectivity index (χ2v) is 3.86. The molecule has 0 fully saturated rings. The summed E-state index contributed by atoms with van der Waals surface area (Å²) in [6.07, 6.45) is 0.820. The number of para-hydroxylation sites is 1. The van der Waals surface area contributed by atoms with Crippen molar-refractivity contribution in [1.29, 1.82) is 0 Å². The van der Waals surface area contributed by atoms with Crippen molar-refractivity contribution in [2.24, 2.45) is 0 Å². The molecule has 0 N–H and O–H groups in total. The van der Waals surface area contributed by atoms with Crippen molar-refractivity contribution in [3.63, 3.8) is 0 Å². The van der Waals surface area contributed by atoms with Gasteiger partial charge in [0.15, 0.2) is 6.29 Å². The molecule has 0 aliphatic rings. The maximum absolute atomic E-state index is 10.9. The van der Waals surface area contributed by atoms with E-state index in [0.29, 0.717) is 11.1 Å². The van der Waals surface area contributed by atoms with Crippen LogP contribution in [0.1, 0.15) is 10.4 Å². The Hall–Kier alpha value is -2.35. The minimum absolute atomic E-state index is 0.588. The van der Waals surface area contributed by atoms with E-state index in [2.05, 4.69) is 0 Å². The lowest BCUT2D eigenvalue weighted by Crippen LogP contribution is -1.77. The number of aldehydes is 1. The van der Waals surface area contributed by atoms with Crippen LogP contribution in [0, 0.1) is 0 Å². The van der Waals surface area contributed by atoms with Gasteiger partial charge in [-0.1, -0.05) is 42.5 Å². The van der Waals surface area contributed by atoms with Gasteiger partial charge in [0.25, 0.3) is 0 Å². The lowest BCUT2D eigenvalue weighted by Gasteiger charge is -1.94. The molecule has 1 aromatic heterocycles. The molecular weight excluding hydrogens is 212 g/mol. The van der Waals surface area contributed by atoms with Crippen molar-refractivity contribution in [1.82, 2.24) is 0 Å². The summed E-state index contributed by atoms with van der Waals surface area (Å²) in [4.78, 5) is 10.9. The molecule has 0 saturated heterocycles. The van der Waals surface area contributed by atoms with E-state index in [-0.39, 0.29) is 0 Å². The predicted molar refractivity (Wildman–Crippen MR) is 67.0 cm³/mol. The number of carbonyl (C=O) groups excluding carboxylic acids is 1. The average Bonchev–Trinajstić information content (AvgIpc) is 2.83. The molecule has 2 aromatic carbocycles. The first-order valence-electron chi connectivity index (χ1n) is 5.41. The Labute approximate surface area is 98.5 Å². The molecule has 3 rings (SSSR count). The third-order valence-corrected chi connectivity index (χ3v) is 2.76. The molecule has 0 spiro atoms. The van der Waals surface area contributed by atoms with Crippen LogP contribution < -0.4 is 0 Å². The summed E-state index contributed by atoms with van der Waals surface area (Å²) in [7, 11) is 0. The van der Waals surface area contributed by atoms with E-state index in [1.165, 1.54) is 0 Å². The molecule has 0 aliphatic heterocycles. The number of hydrogen-bond acceptors (Lipinski definition) is 2. The quantitative estimate of drug-likeness (QED) is 0.615. The fourth-order valence-electron chi connectivity index (χ4n) is 1.92. The Kier molecular flexibility index (Phi) is 2.26. The maximum atomic E-state index is 10.9. The average molecular weight is 222 g/mol. The Morgan fingerprint density at radius 2 is 1.76 bits per heavy atom. The smallest absolute Gasteiger partial charge is 0.153 e. The summed E-state index contributed by atoms with van der Waals surface area (Å²) < 4.78 is 5.74. The molecule has 0 unspecified atom stereocenters. The molecule has 0 radical (unpaired) electrons. The van der Waals surface area contributed by atoms with Gasteiger partial charge >= 0.3 is 0 Å². The zero-order valence-electron chi connectivity index (χ0n) is 9.09. The molecule has 0 atom stereocenters. The molecule has 0 amide bonds. The van der Waals surface area contributed by atoms with E-state index in [0.717, 1.165) is 23.0 Å². The predicted octanol–water partition coefficient (Wildman–Crippen LogP) is 3.91. The van der Waals surface area contributed by atoms with Gasteiger partial charge in [0.1, 0.15) is 11.3 Å². The summed E-state index contributed by atoms with van der Waals surface area (Å²) >= 11 is 0. The highest BCUT2D eigenvalue weighted by molar-refractivity contribution is 5.96. The van der Waals surface area contributed by atoms with Crippen molar-refractivity contribution in [2.75, 3.05) is 0 Å². The minimum atomic E-state index is 0.588. The third kappa shape index (κ3) is 1.64. The lowest BCUT2D eigenvalue weighted by atomic mass is 10.1. The highest BCUT2D eigenvalue weighted by atomic mass is 16.3. The second kappa shape index (κ2) is 3.91. The van der Waals surface area contributed by atoms with Crippen LogP contribution in [0.4, 0.5) is 0 Å². The van der Waals surface area contributed by atoms with Gasteiger partial charge in [0.05, 0.1) is 5.56 Å². The normalized spacial score (nSPS) is 10.6. The zero-order valence-corrected chi connectivity index (χ0v) is 9.09. The van der Waals surface area contributed by atoms with Crippen LogP contribution >= 0.6 is 0 Å². The zero-order chi connectivity index (χ0) is 11.7. The van der Waals surface area contributed by atoms with Gasteiger partial charge in [0, 0.05) is 10.9 Å². The summed E-state index contributed by atoms with van der Waals surface area (Å²) in [6, 6.07) is 17.4. The standard InChI is InChI=1S/C15H10O2/c16-10-13-8-4-7-12-9-14(17-15(12)13)11-5-2-1-3-6-11/h1-10H. The largest absolute Gasteiger partial charge is 0.455 e. The number of carbonyl (C=O) groups is 1. The van der Waals surface area contributed by atoms with Crippen LogP contribution in [0.25, 0.3) is 22.3 Å². The van der Waals surface area contributed by atoms with Crippen LogP contribution in [0.15, 0.2) is 59.0 Å². The third-order valence-electron chi connectivity index (χ3n) is 2.76. The summed E-state index contributed by atoms with van der Waals surface area (Å²) in [5, 5.41) is 0.952. The highest BCUT2D eigenvalue weighted by Gasteiger charge is 2.08. The van der Waals surface area contributed by atoms with Gasteiger partial charge in [-0.25, -0.2) is 0 Å². The summed E-state index contributed by atoms with van der Waals surface area (Å²) in [5.41, 5.74) is 2.26. The van der Waals surface area contributed by atoms with Crippen molar-refractivity contribution in [3.8, 4) is 11.3 Å². The molecule has 1 heterocycles. The fraction of sp³-hybridized carbons (Fsp3) is 0. The molecule has 3 aromatic rings. The molecule has 2 nitrogen and oxygen atoms in total. The molecular formula is C15H10O2. The van der Waals surface area contributed by atoms with Crippen molar-refractivity contribution in [2.45, 2.75) is 0 Å². The molecule has 82 valence electrons. The summed E-state index contributed by atoms with van der Waals surface area (Å²) in [6.45, 7) is 0. The van der Waals surface area contributed by atoms with Crippen molar-refractivity contribution >= 4 is 17.3 Å². The van der Waals surface area contributed by atoms with E-state index in [4.69, 9.17) is 4.42 Å². The first-order valence-corrected chi connectivity index (χ1v) is 5.41. The number of furan rings is 1. The monoisotopic (exact) mass is 222 g/mol. The van der Waals surface area contributed by atoms with Gasteiger partial charge in [0.2, 0.25) is 0 Å². The number of fused-ring (bicyclic) bond motifs is 1. The maximum Gasteiger partial charge on any atom is 0.153 e. The Morgan fingerprint density at radius 1 is 0.941 bits per heavy atom. The fourth-order valence-corrected chi connectivity index (χ4v) is 1.92. The number of rotatable bonds is 2. The van der Waals surface area contributed by atoms with E-state index >= 15 is 0 Å². The molecule has 0 bridgehead atoms. The molecule has 0 saturated carbocycles. The Balaban J connectivity index is 2.24. The Morgan fingerprint density at radius 3 is 2.53 bits per heavy atom. The Bertz CT molecular complexity index is 666. The molecule has 2 heteroatoms. The van der Waals surface area contributed by atoms with Gasteiger partial charge < -0.3 is 4.42 Å². The SMILES string of the molecule is O=Cc1cccc2cc(-c3ccccc3)oc12. The topological polar surface area (TPSA) is 30.2 Å². The van der Waals surface area contributed by atoms with Crippen LogP contribution in [0.5, 0.6) is 0 Å². The molecule has 0 aliphatic carbocycles. The van der Waals surface area contributed by atoms with Crippen LogP contribution in [-0.4, -0.2) is 6.29 Å².